The quantitative estimate of drug-likeness (QED) is 0.310. The molecule has 0 heterocycles. The molecule has 0 saturated heterocycles. The van der Waals surface area contributed by atoms with E-state index in [2.05, 4.69) is 154 Å². The van der Waals surface area contributed by atoms with E-state index < -0.39 is 31.6 Å². The molecule has 4 rings (SSSR count). The minimum Gasteiger partial charge on any atom is -0.451 e. The van der Waals surface area contributed by atoms with Gasteiger partial charge in [0.25, 0.3) is 0 Å². The van der Waals surface area contributed by atoms with Gasteiger partial charge in [0.15, 0.2) is 8.32 Å². The predicted molar refractivity (Wildman–Crippen MR) is 158 cm³/mol. The second-order valence-corrected chi connectivity index (χ2v) is 33.4. The molecule has 0 fully saturated rings. The van der Waals surface area contributed by atoms with E-state index in [4.69, 9.17) is 4.12 Å². The average molecular weight is 512 g/mol. The second-order valence-electron chi connectivity index (χ2n) is 10.1. The van der Waals surface area contributed by atoms with Gasteiger partial charge in [0.2, 0.25) is 7.83 Å². The van der Waals surface area contributed by atoms with Gasteiger partial charge in [-0.3, -0.25) is 0 Å². The van der Waals surface area contributed by atoms with Gasteiger partial charge < -0.3 is 4.12 Å². The third kappa shape index (κ3) is 4.39. The first kappa shape index (κ1) is 24.8. The zero-order chi connectivity index (χ0) is 24.2. The van der Waals surface area contributed by atoms with Gasteiger partial charge in [-0.2, -0.15) is 0 Å². The van der Waals surface area contributed by atoms with Crippen LogP contribution in [0, 0.1) is 0 Å². The summed E-state index contributed by atoms with van der Waals surface area (Å²) in [5, 5.41) is 5.85. The third-order valence-electron chi connectivity index (χ3n) is 6.51. The molecule has 0 aliphatic rings. The minimum absolute atomic E-state index is 0.861. The van der Waals surface area contributed by atoms with Gasteiger partial charge in [-0.05, 0) is 30.0 Å². The molecule has 0 atom stereocenters. The van der Waals surface area contributed by atoms with E-state index in [0.717, 1.165) is 0 Å². The van der Waals surface area contributed by atoms with Crippen LogP contribution in [-0.2, 0) is 4.12 Å². The maximum atomic E-state index is 7.80. The standard InChI is InChI=1S/C29H35OSi4/c1-31(2)34(28-22-14-8-15-23-28,29-24-16-9-17-25-29)33(30-32(3,4)5,26-18-10-6-11-19-26)27-20-12-7-13-21-27/h6-25H,1-5H3. The third-order valence-corrected chi connectivity index (χ3v) is 38.9. The van der Waals surface area contributed by atoms with Crippen molar-refractivity contribution < 1.29 is 4.12 Å². The monoisotopic (exact) mass is 511 g/mol. The van der Waals surface area contributed by atoms with E-state index >= 15 is 0 Å². The molecule has 0 amide bonds. The first-order valence-corrected chi connectivity index (χ1v) is 23.9. The lowest BCUT2D eigenvalue weighted by molar-refractivity contribution is 0.584. The summed E-state index contributed by atoms with van der Waals surface area (Å²) in [6.45, 7) is 12.2. The van der Waals surface area contributed by atoms with Gasteiger partial charge in [0.1, 0.15) is 7.11 Å². The fraction of sp³-hybridized carbons (Fsp3) is 0.172. The molecule has 0 aromatic heterocycles. The lowest BCUT2D eigenvalue weighted by Crippen LogP contribution is -2.92. The molecule has 1 nitrogen and oxygen atoms in total. The van der Waals surface area contributed by atoms with Crippen molar-refractivity contribution in [1.29, 1.82) is 0 Å². The van der Waals surface area contributed by atoms with E-state index in [1.54, 1.807) is 0 Å². The van der Waals surface area contributed by atoms with E-state index in [1.165, 1.54) is 20.7 Å². The zero-order valence-electron chi connectivity index (χ0n) is 21.0. The summed E-state index contributed by atoms with van der Waals surface area (Å²) in [6, 6.07) is 45.4. The topological polar surface area (TPSA) is 9.23 Å². The Kier molecular flexibility index (Phi) is 7.40. The molecular weight excluding hydrogens is 477 g/mol. The van der Waals surface area contributed by atoms with Crippen LogP contribution in [0.4, 0.5) is 0 Å². The highest BCUT2D eigenvalue weighted by Gasteiger charge is 2.64. The lowest BCUT2D eigenvalue weighted by Gasteiger charge is -2.53. The first-order valence-electron chi connectivity index (χ1n) is 12.1. The summed E-state index contributed by atoms with van der Waals surface area (Å²) in [5.41, 5.74) is 0. The van der Waals surface area contributed by atoms with E-state index in [9.17, 15) is 0 Å². The summed E-state index contributed by atoms with van der Waals surface area (Å²) >= 11 is 0. The number of rotatable bonds is 8. The van der Waals surface area contributed by atoms with Crippen molar-refractivity contribution in [3.63, 3.8) is 0 Å². The van der Waals surface area contributed by atoms with Crippen LogP contribution in [0.1, 0.15) is 0 Å². The largest absolute Gasteiger partial charge is 0.451 e. The van der Waals surface area contributed by atoms with Gasteiger partial charge in [-0.1, -0.05) is 145 Å². The molecule has 0 saturated carbocycles. The summed E-state index contributed by atoms with van der Waals surface area (Å²) in [6.07, 6.45) is 0. The van der Waals surface area contributed by atoms with Crippen molar-refractivity contribution in [1.82, 2.24) is 0 Å². The Bertz CT molecular complexity index is 1100. The fourth-order valence-corrected chi connectivity index (χ4v) is 45.7. The van der Waals surface area contributed by atoms with Crippen LogP contribution >= 0.6 is 0 Å². The Morgan fingerprint density at radius 3 is 1.03 bits per heavy atom. The molecule has 0 unspecified atom stereocenters. The molecule has 4 aromatic rings. The van der Waals surface area contributed by atoms with Gasteiger partial charge in [0, 0.05) is 8.31 Å². The number of benzene rings is 4. The molecule has 0 spiro atoms. The highest BCUT2D eigenvalue weighted by molar-refractivity contribution is 7.77. The van der Waals surface area contributed by atoms with Gasteiger partial charge >= 0.3 is 0 Å². The molecular formula is C29H35OSi4. The summed E-state index contributed by atoms with van der Waals surface area (Å²) < 4.78 is 7.80. The van der Waals surface area contributed by atoms with Crippen LogP contribution in [-0.4, -0.2) is 31.6 Å². The van der Waals surface area contributed by atoms with Crippen LogP contribution in [0.2, 0.25) is 32.7 Å². The fourth-order valence-electron chi connectivity index (χ4n) is 5.48. The Hall–Kier alpha value is -2.29. The molecule has 0 aliphatic heterocycles. The molecule has 0 N–H and O–H groups in total. The highest BCUT2D eigenvalue weighted by Crippen LogP contribution is 2.28. The molecule has 0 bridgehead atoms. The Morgan fingerprint density at radius 2 is 0.765 bits per heavy atom. The van der Waals surface area contributed by atoms with Crippen molar-refractivity contribution in [3.8, 4) is 0 Å². The molecule has 5 heteroatoms. The summed E-state index contributed by atoms with van der Waals surface area (Å²) in [4.78, 5) is 0. The summed E-state index contributed by atoms with van der Waals surface area (Å²) in [5.74, 6) is 0. The van der Waals surface area contributed by atoms with Crippen molar-refractivity contribution >= 4 is 52.3 Å². The van der Waals surface area contributed by atoms with Crippen molar-refractivity contribution in [2.45, 2.75) is 32.7 Å². The molecule has 1 radical (unpaired) electrons. The molecule has 34 heavy (non-hydrogen) atoms. The van der Waals surface area contributed by atoms with Crippen LogP contribution < -0.4 is 20.7 Å². The Balaban J connectivity index is 2.27. The zero-order valence-corrected chi connectivity index (χ0v) is 25.0. The molecule has 4 aromatic carbocycles. The highest BCUT2D eigenvalue weighted by atomic mass is 29.6. The van der Waals surface area contributed by atoms with Crippen LogP contribution in [0.15, 0.2) is 121 Å². The first-order chi connectivity index (χ1) is 16.3. The van der Waals surface area contributed by atoms with Crippen LogP contribution in [0.3, 0.4) is 0 Å². The van der Waals surface area contributed by atoms with Crippen molar-refractivity contribution in [2.24, 2.45) is 0 Å². The van der Waals surface area contributed by atoms with Gasteiger partial charge in [0.05, 0.1) is 0 Å². The SMILES string of the molecule is C[Si](C)[Si](c1ccccc1)(c1ccccc1)[Si](O[Si](C)(C)C)(c1ccccc1)c1ccccc1. The van der Waals surface area contributed by atoms with Crippen molar-refractivity contribution in [2.75, 3.05) is 0 Å². The average Bonchev–Trinajstić information content (AvgIpc) is 2.85. The lowest BCUT2D eigenvalue weighted by atomic mass is 10.4. The minimum atomic E-state index is -2.76. The van der Waals surface area contributed by atoms with Crippen molar-refractivity contribution in [3.05, 3.63) is 121 Å². The molecule has 173 valence electrons. The normalized spacial score (nSPS) is 12.6. The van der Waals surface area contributed by atoms with Crippen LogP contribution in [0.5, 0.6) is 0 Å². The van der Waals surface area contributed by atoms with E-state index in [0.29, 0.717) is 0 Å². The van der Waals surface area contributed by atoms with Gasteiger partial charge in [-0.15, -0.1) is 0 Å². The number of hydrogen-bond donors (Lipinski definition) is 0. The van der Waals surface area contributed by atoms with Gasteiger partial charge in [-0.25, -0.2) is 0 Å². The van der Waals surface area contributed by atoms with E-state index in [1.807, 2.05) is 0 Å². The predicted octanol–water partition coefficient (Wildman–Crippen LogP) is 4.77. The van der Waals surface area contributed by atoms with Crippen LogP contribution in [0.25, 0.3) is 0 Å². The second kappa shape index (κ2) is 10.1. The van der Waals surface area contributed by atoms with E-state index in [-0.39, 0.29) is 0 Å². The summed E-state index contributed by atoms with van der Waals surface area (Å²) in [7, 11) is -8.03. The Labute approximate surface area is 209 Å². The molecule has 0 aliphatic carbocycles. The number of hydrogen-bond acceptors (Lipinski definition) is 1. The Morgan fingerprint density at radius 1 is 0.471 bits per heavy atom. The maximum absolute atomic E-state index is 7.80. The smallest absolute Gasteiger partial charge is 0.237 e. The maximum Gasteiger partial charge on any atom is 0.237 e.